The van der Waals surface area contributed by atoms with Crippen molar-refractivity contribution >= 4 is 56.5 Å². The highest BCUT2D eigenvalue weighted by molar-refractivity contribution is 9.09. The molecule has 0 saturated carbocycles. The molecule has 0 aliphatic rings. The second kappa shape index (κ2) is 6.12. The van der Waals surface area contributed by atoms with Gasteiger partial charge in [-0.15, -0.1) is 0 Å². The molecule has 0 aromatic rings. The quantitative estimate of drug-likeness (QED) is 0.453. The van der Waals surface area contributed by atoms with Crippen LogP contribution in [0.5, 0.6) is 0 Å². The molecule has 6 heteroatoms. The summed E-state index contributed by atoms with van der Waals surface area (Å²) < 4.78 is 3.16. The van der Waals surface area contributed by atoms with Crippen LogP contribution in [0, 0.1) is 0 Å². The zero-order valence-corrected chi connectivity index (χ0v) is 10.7. The van der Waals surface area contributed by atoms with E-state index >= 15 is 0 Å². The number of ether oxygens (including phenoxy) is 1. The van der Waals surface area contributed by atoms with Gasteiger partial charge in [-0.1, -0.05) is 50.7 Å². The lowest BCUT2D eigenvalue weighted by atomic mass is 10.3. The lowest BCUT2D eigenvalue weighted by molar-refractivity contribution is -0.114. The van der Waals surface area contributed by atoms with Crippen molar-refractivity contribution in [2.45, 2.75) is 10.7 Å². The summed E-state index contributed by atoms with van der Waals surface area (Å²) >= 11 is 19.2. The second-order valence-electron chi connectivity index (χ2n) is 2.04. The highest BCUT2D eigenvalue weighted by Crippen LogP contribution is 2.28. The number of rotatable bonds is 4. The predicted octanol–water partition coefficient (Wildman–Crippen LogP) is 3.24. The Morgan fingerprint density at radius 3 is 2.38 bits per heavy atom. The van der Waals surface area contributed by atoms with E-state index in [0.717, 1.165) is 0 Å². The monoisotopic (exact) mass is 308 g/mol. The van der Waals surface area contributed by atoms with E-state index in [2.05, 4.69) is 15.9 Å². The fourth-order valence-electron chi connectivity index (χ4n) is 0.532. The first-order valence-corrected chi connectivity index (χ1v) is 5.67. The lowest BCUT2D eigenvalue weighted by Crippen LogP contribution is -2.17. The molecule has 0 aliphatic heterocycles. The summed E-state index contributed by atoms with van der Waals surface area (Å²) in [6.07, 6.45) is 1.17. The summed E-state index contributed by atoms with van der Waals surface area (Å²) in [5.74, 6) is -0.167. The van der Waals surface area contributed by atoms with E-state index in [1.165, 1.54) is 6.08 Å². The number of carbonyl (C=O) groups is 1. The minimum atomic E-state index is -1.91. The standard InChI is InChI=1S/C7H8BrCl3O2/c1-2-13-5(4-8)3-6(12)7(9,10)11/h3H,2,4H2,1H3. The Hall–Kier alpha value is 0.560. The summed E-state index contributed by atoms with van der Waals surface area (Å²) in [6, 6.07) is 0. The molecule has 0 fully saturated rings. The van der Waals surface area contributed by atoms with Gasteiger partial charge in [-0.25, -0.2) is 0 Å². The van der Waals surface area contributed by atoms with Gasteiger partial charge in [0.2, 0.25) is 5.78 Å². The largest absolute Gasteiger partial charge is 0.497 e. The molecule has 0 rings (SSSR count). The van der Waals surface area contributed by atoms with Crippen molar-refractivity contribution in [1.29, 1.82) is 0 Å². The van der Waals surface area contributed by atoms with Crippen LogP contribution in [-0.2, 0) is 9.53 Å². The van der Waals surface area contributed by atoms with Crippen molar-refractivity contribution in [2.75, 3.05) is 11.9 Å². The van der Waals surface area contributed by atoms with Gasteiger partial charge in [0.05, 0.1) is 11.9 Å². The average molecular weight is 310 g/mol. The summed E-state index contributed by atoms with van der Waals surface area (Å²) in [4.78, 5) is 11.1. The number of hydrogen-bond acceptors (Lipinski definition) is 2. The van der Waals surface area contributed by atoms with Crippen molar-refractivity contribution in [2.24, 2.45) is 0 Å². The Balaban J connectivity index is 4.42. The third kappa shape index (κ3) is 5.78. The smallest absolute Gasteiger partial charge is 0.252 e. The van der Waals surface area contributed by atoms with Gasteiger partial charge in [0, 0.05) is 6.08 Å². The van der Waals surface area contributed by atoms with Crippen LogP contribution >= 0.6 is 50.7 Å². The van der Waals surface area contributed by atoms with Gasteiger partial charge in [0.1, 0.15) is 5.76 Å². The Morgan fingerprint density at radius 1 is 1.54 bits per heavy atom. The van der Waals surface area contributed by atoms with Crippen LogP contribution < -0.4 is 0 Å². The van der Waals surface area contributed by atoms with Crippen molar-refractivity contribution in [3.63, 3.8) is 0 Å². The molecule has 76 valence electrons. The minimum absolute atomic E-state index is 0.410. The fraction of sp³-hybridized carbons (Fsp3) is 0.571. The Morgan fingerprint density at radius 2 is 2.08 bits per heavy atom. The zero-order valence-electron chi connectivity index (χ0n) is 6.82. The van der Waals surface area contributed by atoms with Gasteiger partial charge in [-0.05, 0) is 6.92 Å². The topological polar surface area (TPSA) is 26.3 Å². The Bertz CT molecular complexity index is 210. The normalized spacial score (nSPS) is 12.8. The van der Waals surface area contributed by atoms with Crippen LogP contribution in [0.1, 0.15) is 6.92 Å². The van der Waals surface area contributed by atoms with Crippen molar-refractivity contribution in [3.05, 3.63) is 11.8 Å². The van der Waals surface area contributed by atoms with Crippen LogP contribution in [-0.4, -0.2) is 21.5 Å². The number of halogens is 4. The first-order valence-electron chi connectivity index (χ1n) is 3.42. The summed E-state index contributed by atoms with van der Waals surface area (Å²) in [6.45, 7) is 2.26. The number of allylic oxidation sites excluding steroid dienone is 2. The summed E-state index contributed by atoms with van der Waals surface area (Å²) in [5.41, 5.74) is 0. The lowest BCUT2D eigenvalue weighted by Gasteiger charge is -2.08. The molecule has 0 spiro atoms. The van der Waals surface area contributed by atoms with E-state index in [-0.39, 0.29) is 0 Å². The van der Waals surface area contributed by atoms with Crippen LogP contribution in [0.3, 0.4) is 0 Å². The van der Waals surface area contributed by atoms with E-state index in [1.54, 1.807) is 6.92 Å². The predicted molar refractivity (Wildman–Crippen MR) is 58.8 cm³/mol. The molecule has 0 aromatic heterocycles. The number of carbonyl (C=O) groups excluding carboxylic acids is 1. The van der Waals surface area contributed by atoms with Gasteiger partial charge in [-0.2, -0.15) is 0 Å². The maximum atomic E-state index is 11.1. The average Bonchev–Trinajstić information content (AvgIpc) is 2.01. The first-order chi connectivity index (χ1) is 5.91. The number of alkyl halides is 4. The third-order valence-electron chi connectivity index (χ3n) is 1.03. The van der Waals surface area contributed by atoms with E-state index < -0.39 is 9.58 Å². The SMILES string of the molecule is CCOC(=CC(=O)C(Cl)(Cl)Cl)CBr. The Labute approximate surface area is 100 Å². The van der Waals surface area contributed by atoms with E-state index in [4.69, 9.17) is 39.5 Å². The molecule has 0 aliphatic carbocycles. The maximum Gasteiger partial charge on any atom is 0.252 e. The van der Waals surface area contributed by atoms with Gasteiger partial charge in [-0.3, -0.25) is 4.79 Å². The summed E-state index contributed by atoms with van der Waals surface area (Å²) in [7, 11) is 0. The summed E-state index contributed by atoms with van der Waals surface area (Å²) in [5, 5.41) is 0.410. The minimum Gasteiger partial charge on any atom is -0.497 e. The van der Waals surface area contributed by atoms with Crippen LogP contribution in [0.25, 0.3) is 0 Å². The van der Waals surface area contributed by atoms with Crippen molar-refractivity contribution in [1.82, 2.24) is 0 Å². The Kier molecular flexibility index (Phi) is 6.38. The van der Waals surface area contributed by atoms with E-state index in [0.29, 0.717) is 17.7 Å². The number of hydrogen-bond donors (Lipinski definition) is 0. The second-order valence-corrected chi connectivity index (χ2v) is 4.88. The highest BCUT2D eigenvalue weighted by atomic mass is 79.9. The van der Waals surface area contributed by atoms with Crippen molar-refractivity contribution in [3.8, 4) is 0 Å². The maximum absolute atomic E-state index is 11.1. The molecular formula is C7H8BrCl3O2. The molecule has 0 amide bonds. The van der Waals surface area contributed by atoms with Gasteiger partial charge in [0.25, 0.3) is 3.79 Å². The molecule has 0 heterocycles. The van der Waals surface area contributed by atoms with Crippen LogP contribution in [0.2, 0.25) is 0 Å². The van der Waals surface area contributed by atoms with Crippen LogP contribution in [0.15, 0.2) is 11.8 Å². The molecule has 0 unspecified atom stereocenters. The van der Waals surface area contributed by atoms with Gasteiger partial charge >= 0.3 is 0 Å². The molecule has 0 aromatic carbocycles. The van der Waals surface area contributed by atoms with Gasteiger partial charge in [0.15, 0.2) is 0 Å². The number of ketones is 1. The molecule has 13 heavy (non-hydrogen) atoms. The molecule has 0 saturated heterocycles. The highest BCUT2D eigenvalue weighted by Gasteiger charge is 2.28. The molecule has 0 N–H and O–H groups in total. The van der Waals surface area contributed by atoms with E-state index in [1.807, 2.05) is 0 Å². The third-order valence-corrected chi connectivity index (χ3v) is 2.14. The molecular weight excluding hydrogens is 302 g/mol. The van der Waals surface area contributed by atoms with Crippen molar-refractivity contribution < 1.29 is 9.53 Å². The molecule has 0 radical (unpaired) electrons. The molecule has 0 bridgehead atoms. The molecule has 2 nitrogen and oxygen atoms in total. The van der Waals surface area contributed by atoms with E-state index in [9.17, 15) is 4.79 Å². The fourth-order valence-corrected chi connectivity index (χ4v) is 1.02. The first kappa shape index (κ1) is 13.6. The van der Waals surface area contributed by atoms with Crippen LogP contribution in [0.4, 0.5) is 0 Å². The van der Waals surface area contributed by atoms with Gasteiger partial charge < -0.3 is 4.74 Å². The molecule has 0 atom stereocenters. The zero-order chi connectivity index (χ0) is 10.5.